The van der Waals surface area contributed by atoms with Crippen LogP contribution in [0.3, 0.4) is 0 Å². The molecule has 18 heavy (non-hydrogen) atoms. The van der Waals surface area contributed by atoms with E-state index in [0.717, 1.165) is 10.9 Å². The SMILES string of the molecule is Cc1ccc(CNc2ccc(C(F)(F)F)nc2)s1. The first-order valence-electron chi connectivity index (χ1n) is 5.27. The van der Waals surface area contributed by atoms with E-state index in [9.17, 15) is 13.2 Å². The Hall–Kier alpha value is -1.56. The second-order valence-corrected chi connectivity index (χ2v) is 5.17. The number of nitrogens with one attached hydrogen (secondary N) is 1. The first-order chi connectivity index (χ1) is 8.45. The Balaban J connectivity index is 1.98. The number of hydrogen-bond donors (Lipinski definition) is 1. The van der Waals surface area contributed by atoms with Crippen molar-refractivity contribution in [3.63, 3.8) is 0 Å². The standard InChI is InChI=1S/C12H11F3N2S/c1-8-2-4-10(18-8)7-16-9-3-5-11(17-6-9)12(13,14)15/h2-6,16H,7H2,1H3. The molecule has 2 rings (SSSR count). The predicted octanol–water partition coefficient (Wildman–Crippen LogP) is 4.08. The summed E-state index contributed by atoms with van der Waals surface area (Å²) in [6, 6.07) is 6.36. The van der Waals surface area contributed by atoms with Crippen molar-refractivity contribution < 1.29 is 13.2 Å². The lowest BCUT2D eigenvalue weighted by atomic mass is 10.3. The highest BCUT2D eigenvalue weighted by atomic mass is 32.1. The van der Waals surface area contributed by atoms with Gasteiger partial charge in [-0.2, -0.15) is 13.2 Å². The van der Waals surface area contributed by atoms with Crippen LogP contribution in [0.25, 0.3) is 0 Å². The van der Waals surface area contributed by atoms with Gasteiger partial charge in [-0.3, -0.25) is 0 Å². The molecule has 0 aliphatic heterocycles. The van der Waals surface area contributed by atoms with Gasteiger partial charge in [-0.1, -0.05) is 0 Å². The molecule has 0 atom stereocenters. The Morgan fingerprint density at radius 3 is 2.50 bits per heavy atom. The quantitative estimate of drug-likeness (QED) is 0.910. The van der Waals surface area contributed by atoms with E-state index in [1.54, 1.807) is 11.3 Å². The summed E-state index contributed by atoms with van der Waals surface area (Å²) in [7, 11) is 0. The lowest BCUT2D eigenvalue weighted by Gasteiger charge is -2.07. The Kier molecular flexibility index (Phi) is 3.56. The summed E-state index contributed by atoms with van der Waals surface area (Å²) in [5, 5.41) is 3.03. The van der Waals surface area contributed by atoms with Crippen molar-refractivity contribution in [1.29, 1.82) is 0 Å². The number of pyridine rings is 1. The number of nitrogens with zero attached hydrogens (tertiary/aromatic N) is 1. The second kappa shape index (κ2) is 4.97. The molecule has 0 saturated carbocycles. The third kappa shape index (κ3) is 3.22. The van der Waals surface area contributed by atoms with Gasteiger partial charge < -0.3 is 5.32 Å². The number of anilines is 1. The van der Waals surface area contributed by atoms with Gasteiger partial charge in [0.15, 0.2) is 0 Å². The molecule has 0 spiro atoms. The maximum absolute atomic E-state index is 12.3. The van der Waals surface area contributed by atoms with Crippen LogP contribution in [0, 0.1) is 6.92 Å². The fraction of sp³-hybridized carbons (Fsp3) is 0.250. The molecule has 0 fully saturated rings. The minimum atomic E-state index is -4.39. The van der Waals surface area contributed by atoms with Crippen molar-refractivity contribution in [3.8, 4) is 0 Å². The zero-order valence-electron chi connectivity index (χ0n) is 9.58. The molecule has 0 amide bonds. The van der Waals surface area contributed by atoms with Crippen LogP contribution in [0.4, 0.5) is 18.9 Å². The third-order valence-electron chi connectivity index (χ3n) is 2.32. The van der Waals surface area contributed by atoms with Gasteiger partial charge in [0, 0.05) is 16.3 Å². The molecular weight excluding hydrogens is 261 g/mol. The molecule has 2 heterocycles. The maximum Gasteiger partial charge on any atom is 0.433 e. The van der Waals surface area contributed by atoms with E-state index in [1.807, 2.05) is 19.1 Å². The van der Waals surface area contributed by atoms with Gasteiger partial charge in [0.25, 0.3) is 0 Å². The summed E-state index contributed by atoms with van der Waals surface area (Å²) in [6.07, 6.45) is -3.19. The van der Waals surface area contributed by atoms with E-state index in [-0.39, 0.29) is 0 Å². The molecule has 0 unspecified atom stereocenters. The van der Waals surface area contributed by atoms with E-state index in [4.69, 9.17) is 0 Å². The normalized spacial score (nSPS) is 11.6. The summed E-state index contributed by atoms with van der Waals surface area (Å²) < 4.78 is 36.9. The van der Waals surface area contributed by atoms with Crippen LogP contribution in [0.15, 0.2) is 30.5 Å². The number of thiophene rings is 1. The average molecular weight is 272 g/mol. The van der Waals surface area contributed by atoms with Crippen LogP contribution in [0.1, 0.15) is 15.4 Å². The topological polar surface area (TPSA) is 24.9 Å². The van der Waals surface area contributed by atoms with Gasteiger partial charge in [0.05, 0.1) is 11.9 Å². The summed E-state index contributed by atoms with van der Waals surface area (Å²) in [4.78, 5) is 5.72. The lowest BCUT2D eigenvalue weighted by molar-refractivity contribution is -0.141. The summed E-state index contributed by atoms with van der Waals surface area (Å²) in [6.45, 7) is 2.60. The minimum Gasteiger partial charge on any atom is -0.379 e. The fourth-order valence-electron chi connectivity index (χ4n) is 1.44. The number of rotatable bonds is 3. The van der Waals surface area contributed by atoms with E-state index in [1.165, 1.54) is 17.1 Å². The van der Waals surface area contributed by atoms with Gasteiger partial charge in [0.2, 0.25) is 0 Å². The molecule has 0 aliphatic carbocycles. The van der Waals surface area contributed by atoms with E-state index in [2.05, 4.69) is 10.3 Å². The molecule has 2 aromatic rings. The Labute approximate surface area is 106 Å². The van der Waals surface area contributed by atoms with Crippen LogP contribution in [0.5, 0.6) is 0 Å². The van der Waals surface area contributed by atoms with Crippen LogP contribution in [0.2, 0.25) is 0 Å². The highest BCUT2D eigenvalue weighted by Crippen LogP contribution is 2.27. The zero-order valence-corrected chi connectivity index (χ0v) is 10.4. The molecule has 2 nitrogen and oxygen atoms in total. The number of hydrogen-bond acceptors (Lipinski definition) is 3. The summed E-state index contributed by atoms with van der Waals surface area (Å²) in [5.41, 5.74) is -0.297. The average Bonchev–Trinajstić information content (AvgIpc) is 2.72. The first kappa shape index (κ1) is 12.9. The summed E-state index contributed by atoms with van der Waals surface area (Å²) in [5.74, 6) is 0. The van der Waals surface area contributed by atoms with Crippen molar-refractivity contribution in [2.24, 2.45) is 0 Å². The first-order valence-corrected chi connectivity index (χ1v) is 6.09. The molecule has 0 aromatic carbocycles. The molecule has 0 aliphatic rings. The number of aryl methyl sites for hydroxylation is 1. The van der Waals surface area contributed by atoms with Crippen molar-refractivity contribution in [2.75, 3.05) is 5.32 Å². The number of aromatic nitrogens is 1. The van der Waals surface area contributed by atoms with Gasteiger partial charge in [-0.15, -0.1) is 11.3 Å². The molecule has 0 radical (unpaired) electrons. The van der Waals surface area contributed by atoms with Gasteiger partial charge >= 0.3 is 6.18 Å². The molecule has 96 valence electrons. The van der Waals surface area contributed by atoms with E-state index >= 15 is 0 Å². The maximum atomic E-state index is 12.3. The van der Waals surface area contributed by atoms with Gasteiger partial charge in [0.1, 0.15) is 5.69 Å². The van der Waals surface area contributed by atoms with Crippen LogP contribution >= 0.6 is 11.3 Å². The number of halogens is 3. The highest BCUT2D eigenvalue weighted by molar-refractivity contribution is 7.11. The monoisotopic (exact) mass is 272 g/mol. The van der Waals surface area contributed by atoms with E-state index in [0.29, 0.717) is 12.2 Å². The van der Waals surface area contributed by atoms with Gasteiger partial charge in [-0.05, 0) is 31.2 Å². The van der Waals surface area contributed by atoms with Crippen molar-refractivity contribution in [2.45, 2.75) is 19.6 Å². The van der Waals surface area contributed by atoms with Crippen molar-refractivity contribution in [3.05, 3.63) is 45.9 Å². The number of alkyl halides is 3. The molecule has 1 N–H and O–H groups in total. The fourth-order valence-corrected chi connectivity index (χ4v) is 2.27. The largest absolute Gasteiger partial charge is 0.433 e. The van der Waals surface area contributed by atoms with Crippen LogP contribution in [-0.4, -0.2) is 4.98 Å². The minimum absolute atomic E-state index is 0.578. The van der Waals surface area contributed by atoms with Gasteiger partial charge in [-0.25, -0.2) is 4.98 Å². The smallest absolute Gasteiger partial charge is 0.379 e. The van der Waals surface area contributed by atoms with Crippen LogP contribution in [-0.2, 0) is 12.7 Å². The predicted molar refractivity (Wildman–Crippen MR) is 65.6 cm³/mol. The Morgan fingerprint density at radius 1 is 1.22 bits per heavy atom. The highest BCUT2D eigenvalue weighted by Gasteiger charge is 2.31. The third-order valence-corrected chi connectivity index (χ3v) is 3.32. The van der Waals surface area contributed by atoms with E-state index < -0.39 is 11.9 Å². The van der Waals surface area contributed by atoms with Crippen molar-refractivity contribution >= 4 is 17.0 Å². The molecular formula is C12H11F3N2S. The Morgan fingerprint density at radius 2 is 2.00 bits per heavy atom. The van der Waals surface area contributed by atoms with Crippen molar-refractivity contribution in [1.82, 2.24) is 4.98 Å². The molecule has 0 saturated heterocycles. The lowest BCUT2D eigenvalue weighted by Crippen LogP contribution is -2.08. The summed E-state index contributed by atoms with van der Waals surface area (Å²) >= 11 is 1.65. The second-order valence-electron chi connectivity index (χ2n) is 3.80. The Bertz CT molecular complexity index is 517. The molecule has 2 aromatic heterocycles. The van der Waals surface area contributed by atoms with Crippen LogP contribution < -0.4 is 5.32 Å². The molecule has 0 bridgehead atoms. The zero-order chi connectivity index (χ0) is 13.2. The molecule has 6 heteroatoms.